The third-order valence-corrected chi connectivity index (χ3v) is 4.00. The van der Waals surface area contributed by atoms with Gasteiger partial charge < -0.3 is 5.11 Å². The van der Waals surface area contributed by atoms with Crippen LogP contribution in [0.15, 0.2) is 54.6 Å². The van der Waals surface area contributed by atoms with E-state index in [1.54, 1.807) is 24.3 Å². The van der Waals surface area contributed by atoms with Crippen LogP contribution >= 0.6 is 0 Å². The number of aromatic carboxylic acids is 1. The van der Waals surface area contributed by atoms with Crippen LogP contribution in [0.1, 0.15) is 16.1 Å². The summed E-state index contributed by atoms with van der Waals surface area (Å²) < 4.78 is 23.5. The molecule has 0 amide bonds. The first kappa shape index (κ1) is 16.9. The van der Waals surface area contributed by atoms with Crippen molar-refractivity contribution in [3.63, 3.8) is 0 Å². The monoisotopic (exact) mass is 357 g/mol. The van der Waals surface area contributed by atoms with Crippen molar-refractivity contribution in [2.75, 3.05) is 4.72 Å². The lowest BCUT2D eigenvalue weighted by Crippen LogP contribution is -2.04. The topological polar surface area (TPSA) is 104 Å². The minimum absolute atomic E-state index is 0.0609. The minimum atomic E-state index is -2.16. The molecule has 0 aliphatic heterocycles. The Hall–Kier alpha value is -2.97. The summed E-state index contributed by atoms with van der Waals surface area (Å²) >= 11 is -2.16. The molecule has 1 heterocycles. The summed E-state index contributed by atoms with van der Waals surface area (Å²) in [6, 6.07) is 15.8. The van der Waals surface area contributed by atoms with E-state index >= 15 is 0 Å². The van der Waals surface area contributed by atoms with E-state index in [9.17, 15) is 14.1 Å². The molecule has 3 aromatic rings. The molecule has 2 aromatic carbocycles. The Balaban J connectivity index is 2.06. The van der Waals surface area contributed by atoms with Gasteiger partial charge >= 0.3 is 5.97 Å². The number of aromatic nitrogens is 2. The van der Waals surface area contributed by atoms with Crippen LogP contribution in [0.4, 0.5) is 5.69 Å². The Morgan fingerprint density at radius 2 is 1.76 bits per heavy atom. The zero-order valence-electron chi connectivity index (χ0n) is 13.2. The van der Waals surface area contributed by atoms with Gasteiger partial charge in [0.2, 0.25) is 0 Å². The van der Waals surface area contributed by atoms with Gasteiger partial charge in [0.25, 0.3) is 11.3 Å². The molecule has 3 N–H and O–H groups in total. The molecule has 0 aliphatic rings. The Kier molecular flexibility index (Phi) is 4.64. The normalized spacial score (nSPS) is 11.9. The van der Waals surface area contributed by atoms with Crippen molar-refractivity contribution < 1.29 is 18.7 Å². The van der Waals surface area contributed by atoms with Gasteiger partial charge in [-0.15, -0.1) is 0 Å². The maximum absolute atomic E-state index is 11.3. The first-order valence-corrected chi connectivity index (χ1v) is 8.43. The number of carboxylic acid groups (broad SMARTS) is 1. The van der Waals surface area contributed by atoms with E-state index in [0.29, 0.717) is 17.1 Å². The van der Waals surface area contributed by atoms with Gasteiger partial charge in [-0.1, -0.05) is 29.8 Å². The highest BCUT2D eigenvalue weighted by Crippen LogP contribution is 2.25. The summed E-state index contributed by atoms with van der Waals surface area (Å²) in [7, 11) is 0. The van der Waals surface area contributed by atoms with Crippen LogP contribution in [-0.2, 0) is 11.3 Å². The van der Waals surface area contributed by atoms with Crippen LogP contribution in [0.3, 0.4) is 0 Å². The predicted molar refractivity (Wildman–Crippen MR) is 95.1 cm³/mol. The number of hydrogen-bond acceptors (Lipinski definition) is 3. The Morgan fingerprint density at radius 1 is 1.12 bits per heavy atom. The van der Waals surface area contributed by atoms with Crippen LogP contribution < -0.4 is 4.72 Å². The van der Waals surface area contributed by atoms with Gasteiger partial charge in [-0.3, -0.25) is 9.27 Å². The van der Waals surface area contributed by atoms with Gasteiger partial charge in [-0.25, -0.2) is 13.7 Å². The number of carbonyl (C=O) groups is 1. The highest BCUT2D eigenvalue weighted by atomic mass is 32.2. The van der Waals surface area contributed by atoms with Crippen molar-refractivity contribution >= 4 is 22.9 Å². The maximum atomic E-state index is 11.3. The lowest BCUT2D eigenvalue weighted by molar-refractivity contribution is 0.0690. The van der Waals surface area contributed by atoms with Crippen LogP contribution in [0.2, 0.25) is 0 Å². The lowest BCUT2D eigenvalue weighted by Gasteiger charge is -2.09. The summed E-state index contributed by atoms with van der Waals surface area (Å²) in [4.78, 5) is 11.3. The molecule has 0 fully saturated rings. The van der Waals surface area contributed by atoms with Crippen LogP contribution in [0.5, 0.6) is 0 Å². The fourth-order valence-electron chi connectivity index (χ4n) is 2.38. The maximum Gasteiger partial charge on any atom is 0.356 e. The minimum Gasteiger partial charge on any atom is -0.476 e. The molecule has 0 radical (unpaired) electrons. The number of aryl methyl sites for hydroxylation is 1. The van der Waals surface area contributed by atoms with Crippen LogP contribution in [-0.4, -0.2) is 29.6 Å². The van der Waals surface area contributed by atoms with Crippen molar-refractivity contribution in [2.24, 2.45) is 0 Å². The van der Waals surface area contributed by atoms with Crippen molar-refractivity contribution in [2.45, 2.75) is 6.92 Å². The molecule has 3 rings (SSSR count). The molecule has 128 valence electrons. The smallest absolute Gasteiger partial charge is 0.356 e. The van der Waals surface area contributed by atoms with E-state index in [1.165, 1.54) is 10.7 Å². The molecule has 7 nitrogen and oxygen atoms in total. The highest BCUT2D eigenvalue weighted by molar-refractivity contribution is 7.80. The number of benzene rings is 2. The zero-order chi connectivity index (χ0) is 18.0. The van der Waals surface area contributed by atoms with Crippen molar-refractivity contribution in [3.8, 4) is 16.9 Å². The molecule has 1 unspecified atom stereocenters. The Bertz CT molecular complexity index is 934. The Morgan fingerprint density at radius 3 is 2.32 bits per heavy atom. The van der Waals surface area contributed by atoms with Crippen LogP contribution in [0, 0.1) is 6.92 Å². The quantitative estimate of drug-likeness (QED) is 0.609. The molecule has 1 aromatic heterocycles. The highest BCUT2D eigenvalue weighted by Gasteiger charge is 2.16. The number of anilines is 1. The summed E-state index contributed by atoms with van der Waals surface area (Å²) in [5, 5.41) is 13.4. The van der Waals surface area contributed by atoms with Crippen molar-refractivity contribution in [1.82, 2.24) is 9.78 Å². The summed E-state index contributed by atoms with van der Waals surface area (Å²) in [5.41, 5.74) is 3.62. The summed E-state index contributed by atoms with van der Waals surface area (Å²) in [5.74, 6) is -1.11. The summed E-state index contributed by atoms with van der Waals surface area (Å²) in [6.07, 6.45) is 0. The third kappa shape index (κ3) is 3.76. The molecule has 1 atom stereocenters. The van der Waals surface area contributed by atoms with Crippen LogP contribution in [0.25, 0.3) is 16.9 Å². The first-order chi connectivity index (χ1) is 11.9. The average Bonchev–Trinajstić information content (AvgIpc) is 3.01. The van der Waals surface area contributed by atoms with E-state index in [-0.39, 0.29) is 5.69 Å². The lowest BCUT2D eigenvalue weighted by atomic mass is 10.1. The SMILES string of the molecule is Cc1ccc(-c2cc(C(=O)O)nn2-c2ccc(NS(=O)O)cc2)cc1. The second-order valence-electron chi connectivity index (χ2n) is 5.40. The summed E-state index contributed by atoms with van der Waals surface area (Å²) in [6.45, 7) is 1.97. The van der Waals surface area contributed by atoms with E-state index in [1.807, 2.05) is 31.2 Å². The van der Waals surface area contributed by atoms with Crippen molar-refractivity contribution in [3.05, 3.63) is 65.9 Å². The number of nitrogens with zero attached hydrogens (tertiary/aromatic N) is 2. The molecule has 0 bridgehead atoms. The van der Waals surface area contributed by atoms with Gasteiger partial charge in [0.15, 0.2) is 5.69 Å². The van der Waals surface area contributed by atoms with E-state index in [2.05, 4.69) is 9.82 Å². The molecule has 0 spiro atoms. The van der Waals surface area contributed by atoms with Gasteiger partial charge in [-0.2, -0.15) is 5.10 Å². The molecule has 0 saturated carbocycles. The predicted octanol–water partition coefficient (Wildman–Crippen LogP) is 3.09. The number of hydrogen-bond donors (Lipinski definition) is 3. The van der Waals surface area contributed by atoms with Gasteiger partial charge in [0.05, 0.1) is 11.4 Å². The number of carboxylic acids is 1. The molecule has 25 heavy (non-hydrogen) atoms. The standard InChI is InChI=1S/C17H15N3O4S/c1-11-2-4-12(5-3-11)16-10-15(17(21)22)18-20(16)14-8-6-13(7-9-14)19-25(23)24/h2-10,19H,1H3,(H,21,22)(H,23,24). The van der Waals surface area contributed by atoms with Gasteiger partial charge in [-0.05, 0) is 37.3 Å². The number of nitrogens with one attached hydrogen (secondary N) is 1. The Labute approximate surface area is 146 Å². The average molecular weight is 357 g/mol. The van der Waals surface area contributed by atoms with Gasteiger partial charge in [0, 0.05) is 11.3 Å². The fraction of sp³-hybridized carbons (Fsp3) is 0.0588. The van der Waals surface area contributed by atoms with E-state index in [4.69, 9.17) is 4.55 Å². The van der Waals surface area contributed by atoms with Gasteiger partial charge in [0.1, 0.15) is 0 Å². The number of rotatable bonds is 5. The van der Waals surface area contributed by atoms with Crippen molar-refractivity contribution in [1.29, 1.82) is 0 Å². The molecular formula is C17H15N3O4S. The zero-order valence-corrected chi connectivity index (χ0v) is 14.0. The molecule has 0 saturated heterocycles. The fourth-order valence-corrected chi connectivity index (χ4v) is 2.72. The third-order valence-electron chi connectivity index (χ3n) is 3.59. The molecular weight excluding hydrogens is 342 g/mol. The second-order valence-corrected chi connectivity index (χ2v) is 6.10. The molecule has 8 heteroatoms. The van der Waals surface area contributed by atoms with E-state index < -0.39 is 17.2 Å². The second kappa shape index (κ2) is 6.88. The largest absolute Gasteiger partial charge is 0.476 e. The molecule has 0 aliphatic carbocycles. The van der Waals surface area contributed by atoms with E-state index in [0.717, 1.165) is 11.1 Å². The first-order valence-electron chi connectivity index (χ1n) is 7.32.